The van der Waals surface area contributed by atoms with E-state index < -0.39 is 5.97 Å². The molecule has 1 unspecified atom stereocenters. The fourth-order valence-corrected chi connectivity index (χ4v) is 2.14. The van der Waals surface area contributed by atoms with E-state index in [0.29, 0.717) is 10.4 Å². The summed E-state index contributed by atoms with van der Waals surface area (Å²) in [6, 6.07) is 1.41. The molecular formula is C12H15NO4S. The first-order valence-corrected chi connectivity index (χ1v) is 6.21. The fraction of sp³-hybridized carbons (Fsp3) is 0.333. The lowest BCUT2D eigenvalue weighted by atomic mass is 10.2. The Kier molecular flexibility index (Phi) is 5.06. The third-order valence-corrected chi connectivity index (χ3v) is 3.46. The molecule has 1 amide bonds. The van der Waals surface area contributed by atoms with E-state index in [4.69, 9.17) is 10.2 Å². The normalized spacial score (nSPS) is 12.6. The Bertz CT molecular complexity index is 466. The van der Waals surface area contributed by atoms with Gasteiger partial charge >= 0.3 is 5.97 Å². The molecule has 1 aromatic heterocycles. The van der Waals surface area contributed by atoms with Gasteiger partial charge in [-0.2, -0.15) is 0 Å². The van der Waals surface area contributed by atoms with E-state index in [2.05, 4.69) is 0 Å². The zero-order chi connectivity index (χ0) is 13.7. The highest BCUT2D eigenvalue weighted by molar-refractivity contribution is 7.12. The minimum atomic E-state index is -1.06. The minimum absolute atomic E-state index is 0.117. The van der Waals surface area contributed by atoms with Gasteiger partial charge in [0.05, 0.1) is 17.5 Å². The molecule has 0 fully saturated rings. The molecule has 0 spiro atoms. The number of carboxylic acid groups (broad SMARTS) is 1. The summed E-state index contributed by atoms with van der Waals surface area (Å²) in [6.45, 7) is 1.62. The molecule has 5 nitrogen and oxygen atoms in total. The molecule has 0 saturated carbocycles. The molecule has 18 heavy (non-hydrogen) atoms. The molecule has 0 aliphatic rings. The summed E-state index contributed by atoms with van der Waals surface area (Å²) < 4.78 is 0. The quantitative estimate of drug-likeness (QED) is 0.790. The van der Waals surface area contributed by atoms with Crippen LogP contribution in [0.25, 0.3) is 6.08 Å². The molecule has 0 bridgehead atoms. The molecule has 1 rings (SSSR count). The average molecular weight is 269 g/mol. The van der Waals surface area contributed by atoms with Gasteiger partial charge in [0, 0.05) is 13.1 Å². The van der Waals surface area contributed by atoms with Crippen LogP contribution in [0.4, 0.5) is 0 Å². The Hall–Kier alpha value is -1.66. The largest absolute Gasteiger partial charge is 0.478 e. The lowest BCUT2D eigenvalue weighted by Crippen LogP contribution is -2.37. The first-order chi connectivity index (χ1) is 8.47. The number of carboxylic acids is 1. The maximum atomic E-state index is 12.1. The zero-order valence-corrected chi connectivity index (χ0v) is 11.0. The van der Waals surface area contributed by atoms with Crippen LogP contribution in [0, 0.1) is 0 Å². The number of aliphatic hydroxyl groups is 1. The van der Waals surface area contributed by atoms with Gasteiger partial charge < -0.3 is 15.1 Å². The Morgan fingerprint density at radius 3 is 2.78 bits per heavy atom. The summed E-state index contributed by atoms with van der Waals surface area (Å²) in [6.07, 6.45) is 2.39. The number of aliphatic carboxylic acids is 1. The van der Waals surface area contributed by atoms with Crippen LogP contribution in [0.5, 0.6) is 0 Å². The van der Waals surface area contributed by atoms with Crippen LogP contribution in [0.15, 0.2) is 17.5 Å². The lowest BCUT2D eigenvalue weighted by Gasteiger charge is -2.22. The number of hydrogen-bond donors (Lipinski definition) is 2. The van der Waals surface area contributed by atoms with Gasteiger partial charge in [-0.25, -0.2) is 4.79 Å². The van der Waals surface area contributed by atoms with Crippen molar-refractivity contribution in [3.05, 3.63) is 28.0 Å². The Morgan fingerprint density at radius 2 is 2.22 bits per heavy atom. The molecule has 1 atom stereocenters. The fourth-order valence-electron chi connectivity index (χ4n) is 1.27. The van der Waals surface area contributed by atoms with Crippen LogP contribution in [-0.2, 0) is 4.79 Å². The van der Waals surface area contributed by atoms with Gasteiger partial charge in [0.25, 0.3) is 5.91 Å². The second-order valence-electron chi connectivity index (χ2n) is 3.82. The highest BCUT2D eigenvalue weighted by atomic mass is 32.1. The summed E-state index contributed by atoms with van der Waals surface area (Å²) in [7, 11) is 1.60. The summed E-state index contributed by atoms with van der Waals surface area (Å²) in [5.74, 6) is -1.28. The molecule has 0 aliphatic heterocycles. The maximum Gasteiger partial charge on any atom is 0.328 e. The summed E-state index contributed by atoms with van der Waals surface area (Å²) in [5, 5.41) is 19.3. The van der Waals surface area contributed by atoms with Gasteiger partial charge in [-0.3, -0.25) is 4.79 Å². The number of rotatable bonds is 5. The van der Waals surface area contributed by atoms with Crippen molar-refractivity contribution in [2.24, 2.45) is 0 Å². The van der Waals surface area contributed by atoms with Crippen LogP contribution in [0.3, 0.4) is 0 Å². The van der Waals surface area contributed by atoms with Crippen molar-refractivity contribution in [3.8, 4) is 0 Å². The summed E-state index contributed by atoms with van der Waals surface area (Å²) >= 11 is 1.25. The van der Waals surface area contributed by atoms with Crippen LogP contribution in [0.1, 0.15) is 22.2 Å². The Balaban J connectivity index is 2.93. The van der Waals surface area contributed by atoms with Crippen LogP contribution in [0.2, 0.25) is 0 Å². The van der Waals surface area contributed by atoms with E-state index in [-0.39, 0.29) is 18.6 Å². The van der Waals surface area contributed by atoms with Crippen molar-refractivity contribution in [3.63, 3.8) is 0 Å². The topological polar surface area (TPSA) is 77.8 Å². The predicted octanol–water partition coefficient (Wildman–Crippen LogP) is 1.30. The van der Waals surface area contributed by atoms with E-state index in [9.17, 15) is 9.59 Å². The molecule has 0 aromatic carbocycles. The zero-order valence-electron chi connectivity index (χ0n) is 10.2. The lowest BCUT2D eigenvalue weighted by molar-refractivity contribution is -0.131. The van der Waals surface area contributed by atoms with Gasteiger partial charge in [-0.1, -0.05) is 0 Å². The van der Waals surface area contributed by atoms with E-state index in [1.165, 1.54) is 22.3 Å². The van der Waals surface area contributed by atoms with Crippen molar-refractivity contribution >= 4 is 29.3 Å². The number of carbonyl (C=O) groups is 2. The molecular weight excluding hydrogens is 254 g/mol. The van der Waals surface area contributed by atoms with E-state index >= 15 is 0 Å². The number of hydrogen-bond acceptors (Lipinski definition) is 4. The number of thiophene rings is 1. The van der Waals surface area contributed by atoms with E-state index in [1.807, 2.05) is 0 Å². The number of amides is 1. The Morgan fingerprint density at radius 1 is 1.56 bits per heavy atom. The molecule has 98 valence electrons. The van der Waals surface area contributed by atoms with Crippen LogP contribution in [-0.4, -0.2) is 46.7 Å². The van der Waals surface area contributed by atoms with Crippen molar-refractivity contribution < 1.29 is 19.8 Å². The first kappa shape index (κ1) is 14.4. The smallest absolute Gasteiger partial charge is 0.328 e. The second kappa shape index (κ2) is 6.32. The third-order valence-electron chi connectivity index (χ3n) is 2.54. The van der Waals surface area contributed by atoms with Crippen molar-refractivity contribution in [1.29, 1.82) is 0 Å². The number of likely N-dealkylation sites (N-methyl/N-ethyl adjacent to an activating group) is 1. The SMILES string of the molecule is CC(CO)N(C)C(=O)c1sccc1/C=C/C(=O)O. The summed E-state index contributed by atoms with van der Waals surface area (Å²) in [5.41, 5.74) is 0.574. The first-order valence-electron chi connectivity index (χ1n) is 5.34. The Labute approximate surface area is 109 Å². The molecule has 0 saturated heterocycles. The van der Waals surface area contributed by atoms with Crippen molar-refractivity contribution in [2.75, 3.05) is 13.7 Å². The van der Waals surface area contributed by atoms with Crippen molar-refractivity contribution in [1.82, 2.24) is 4.90 Å². The van der Waals surface area contributed by atoms with Crippen molar-refractivity contribution in [2.45, 2.75) is 13.0 Å². The number of aliphatic hydroxyl groups excluding tert-OH is 1. The monoisotopic (exact) mass is 269 g/mol. The molecule has 6 heteroatoms. The number of carbonyl (C=O) groups excluding carboxylic acids is 1. The molecule has 0 radical (unpaired) electrons. The van der Waals surface area contributed by atoms with Gasteiger partial charge in [-0.15, -0.1) is 11.3 Å². The van der Waals surface area contributed by atoms with Gasteiger partial charge in [0.2, 0.25) is 0 Å². The molecule has 1 aromatic rings. The predicted molar refractivity (Wildman–Crippen MR) is 69.6 cm³/mol. The van der Waals surface area contributed by atoms with Gasteiger partial charge in [0.15, 0.2) is 0 Å². The van der Waals surface area contributed by atoms with Crippen LogP contribution >= 0.6 is 11.3 Å². The van der Waals surface area contributed by atoms with E-state index in [1.54, 1.807) is 25.4 Å². The third kappa shape index (κ3) is 3.41. The molecule has 1 heterocycles. The van der Waals surface area contributed by atoms with E-state index in [0.717, 1.165) is 6.08 Å². The summed E-state index contributed by atoms with van der Waals surface area (Å²) in [4.78, 5) is 24.5. The maximum absolute atomic E-state index is 12.1. The number of nitrogens with zero attached hydrogens (tertiary/aromatic N) is 1. The standard InChI is InChI=1S/C12H15NO4S/c1-8(7-14)13(2)12(17)11-9(5-6-18-11)3-4-10(15)16/h3-6,8,14H,7H2,1-2H3,(H,15,16)/b4-3+. The highest BCUT2D eigenvalue weighted by Crippen LogP contribution is 2.20. The second-order valence-corrected chi connectivity index (χ2v) is 4.74. The van der Waals surface area contributed by atoms with Crippen LogP contribution < -0.4 is 0 Å². The average Bonchev–Trinajstić information content (AvgIpc) is 2.81. The van der Waals surface area contributed by atoms with Gasteiger partial charge in [0.1, 0.15) is 0 Å². The van der Waals surface area contributed by atoms with Gasteiger partial charge in [-0.05, 0) is 30.0 Å². The molecule has 2 N–H and O–H groups in total. The highest BCUT2D eigenvalue weighted by Gasteiger charge is 2.20. The minimum Gasteiger partial charge on any atom is -0.478 e. The molecule has 0 aliphatic carbocycles.